The fraction of sp³-hybridized carbons (Fsp3) is 0.150. The lowest BCUT2D eigenvalue weighted by atomic mass is 10.2. The average molecular weight is 350 g/mol. The third-order valence-electron chi connectivity index (χ3n) is 3.76. The Hall–Kier alpha value is -3.28. The first-order chi connectivity index (χ1) is 12.5. The van der Waals surface area contributed by atoms with Gasteiger partial charge in [0.25, 0.3) is 5.91 Å². The van der Waals surface area contributed by atoms with Gasteiger partial charge in [0.1, 0.15) is 11.5 Å². The third-order valence-corrected chi connectivity index (χ3v) is 3.76. The van der Waals surface area contributed by atoms with Crippen LogP contribution in [0.25, 0.3) is 0 Å². The van der Waals surface area contributed by atoms with Crippen molar-refractivity contribution in [2.45, 2.75) is 20.4 Å². The Balaban J connectivity index is 1.70. The zero-order chi connectivity index (χ0) is 18.5. The molecule has 2 N–H and O–H groups in total. The fourth-order valence-corrected chi connectivity index (χ4v) is 2.38. The molecule has 5 nitrogen and oxygen atoms in total. The molecule has 3 rings (SSSR count). The number of amides is 1. The molecule has 0 saturated heterocycles. The van der Waals surface area contributed by atoms with Gasteiger partial charge in [-0.05, 0) is 49.7 Å². The summed E-state index contributed by atoms with van der Waals surface area (Å²) in [6.45, 7) is 4.11. The van der Waals surface area contributed by atoms with Gasteiger partial charge in [-0.3, -0.25) is 4.79 Å². The number of nitrogens with one attached hydrogen (secondary N) is 2. The Labute approximate surface area is 151 Å². The van der Waals surface area contributed by atoms with Gasteiger partial charge >= 0.3 is 0 Å². The van der Waals surface area contributed by atoms with Crippen molar-refractivity contribution in [3.63, 3.8) is 0 Å². The van der Waals surface area contributed by atoms with Crippen molar-refractivity contribution in [1.82, 2.24) is 15.3 Å². The minimum atomic E-state index is -0.313. The van der Waals surface area contributed by atoms with E-state index < -0.39 is 0 Å². The van der Waals surface area contributed by atoms with Crippen molar-refractivity contribution in [2.75, 3.05) is 5.32 Å². The fourth-order valence-electron chi connectivity index (χ4n) is 2.38. The second kappa shape index (κ2) is 7.74. The Kier molecular flexibility index (Phi) is 5.22. The molecule has 1 amide bonds. The smallest absolute Gasteiger partial charge is 0.270 e. The summed E-state index contributed by atoms with van der Waals surface area (Å²) in [7, 11) is 0. The third kappa shape index (κ3) is 4.63. The molecule has 6 heteroatoms. The van der Waals surface area contributed by atoms with Gasteiger partial charge in [0, 0.05) is 17.9 Å². The predicted molar refractivity (Wildman–Crippen MR) is 98.8 cm³/mol. The van der Waals surface area contributed by atoms with E-state index in [-0.39, 0.29) is 17.4 Å². The van der Waals surface area contributed by atoms with Crippen LogP contribution in [0, 0.1) is 19.7 Å². The molecular formula is C20H19FN4O. The molecule has 0 saturated carbocycles. The number of halogens is 1. The zero-order valence-electron chi connectivity index (χ0n) is 14.6. The van der Waals surface area contributed by atoms with E-state index in [1.54, 1.807) is 25.1 Å². The molecule has 0 fully saturated rings. The van der Waals surface area contributed by atoms with Gasteiger partial charge in [0.2, 0.25) is 5.95 Å². The van der Waals surface area contributed by atoms with Crippen LogP contribution >= 0.6 is 0 Å². The highest BCUT2D eigenvalue weighted by Gasteiger charge is 2.11. The summed E-state index contributed by atoms with van der Waals surface area (Å²) < 4.78 is 12.9. The summed E-state index contributed by atoms with van der Waals surface area (Å²) in [6, 6.07) is 15.4. The van der Waals surface area contributed by atoms with Gasteiger partial charge in [-0.2, -0.15) is 0 Å². The van der Waals surface area contributed by atoms with Gasteiger partial charge in [-0.25, -0.2) is 14.4 Å². The summed E-state index contributed by atoms with van der Waals surface area (Å²) in [5.41, 5.74) is 3.76. The Morgan fingerprint density at radius 2 is 1.69 bits per heavy atom. The molecule has 0 spiro atoms. The summed E-state index contributed by atoms with van der Waals surface area (Å²) in [6.07, 6.45) is 0. The van der Waals surface area contributed by atoms with Gasteiger partial charge in [0.15, 0.2) is 0 Å². The maximum absolute atomic E-state index is 12.9. The van der Waals surface area contributed by atoms with Crippen LogP contribution in [-0.4, -0.2) is 15.9 Å². The monoisotopic (exact) mass is 350 g/mol. The quantitative estimate of drug-likeness (QED) is 0.732. The van der Waals surface area contributed by atoms with Crippen LogP contribution in [0.15, 0.2) is 54.6 Å². The SMILES string of the molecule is Cc1ccc(Nc2nc(C)cc(C(=O)NCc3ccc(F)cc3)n2)cc1. The molecule has 0 unspecified atom stereocenters. The molecule has 2 aromatic carbocycles. The first-order valence-corrected chi connectivity index (χ1v) is 8.21. The highest BCUT2D eigenvalue weighted by atomic mass is 19.1. The molecule has 0 aliphatic carbocycles. The predicted octanol–water partition coefficient (Wildman–Crippen LogP) is 3.91. The normalized spacial score (nSPS) is 10.4. The molecule has 1 heterocycles. The Morgan fingerprint density at radius 1 is 1.00 bits per heavy atom. The molecule has 0 aliphatic rings. The van der Waals surface area contributed by atoms with Crippen LogP contribution in [-0.2, 0) is 6.54 Å². The van der Waals surface area contributed by atoms with Gasteiger partial charge < -0.3 is 10.6 Å². The molecule has 26 heavy (non-hydrogen) atoms. The molecule has 1 aromatic heterocycles. The summed E-state index contributed by atoms with van der Waals surface area (Å²) in [5, 5.41) is 5.88. The van der Waals surface area contributed by atoms with Crippen molar-refractivity contribution in [3.05, 3.63) is 82.9 Å². The van der Waals surface area contributed by atoms with Crippen LogP contribution in [0.1, 0.15) is 27.3 Å². The summed E-state index contributed by atoms with van der Waals surface area (Å²) in [4.78, 5) is 21.0. The molecule has 0 bridgehead atoms. The van der Waals surface area contributed by atoms with E-state index in [0.29, 0.717) is 18.2 Å². The largest absolute Gasteiger partial charge is 0.347 e. The number of hydrogen-bond donors (Lipinski definition) is 2. The molecule has 132 valence electrons. The van der Waals surface area contributed by atoms with E-state index in [1.807, 2.05) is 31.2 Å². The highest BCUT2D eigenvalue weighted by Crippen LogP contribution is 2.15. The van der Waals surface area contributed by atoms with Crippen molar-refractivity contribution in [3.8, 4) is 0 Å². The van der Waals surface area contributed by atoms with E-state index in [0.717, 1.165) is 16.8 Å². The van der Waals surface area contributed by atoms with Gasteiger partial charge in [-0.15, -0.1) is 0 Å². The van der Waals surface area contributed by atoms with Crippen LogP contribution < -0.4 is 10.6 Å². The molecule has 0 radical (unpaired) electrons. The number of rotatable bonds is 5. The number of carbonyl (C=O) groups is 1. The second-order valence-electron chi connectivity index (χ2n) is 6.02. The lowest BCUT2D eigenvalue weighted by Gasteiger charge is -2.09. The first kappa shape index (κ1) is 17.5. The maximum Gasteiger partial charge on any atom is 0.270 e. The van der Waals surface area contributed by atoms with Crippen molar-refractivity contribution in [2.24, 2.45) is 0 Å². The number of hydrogen-bond acceptors (Lipinski definition) is 4. The summed E-state index contributed by atoms with van der Waals surface area (Å²) >= 11 is 0. The number of nitrogens with zero attached hydrogens (tertiary/aromatic N) is 2. The van der Waals surface area contributed by atoms with Crippen LogP contribution in [0.2, 0.25) is 0 Å². The van der Waals surface area contributed by atoms with E-state index in [2.05, 4.69) is 20.6 Å². The van der Waals surface area contributed by atoms with E-state index in [4.69, 9.17) is 0 Å². The number of aromatic nitrogens is 2. The molecule has 0 atom stereocenters. The highest BCUT2D eigenvalue weighted by molar-refractivity contribution is 5.92. The van der Waals surface area contributed by atoms with Crippen molar-refractivity contribution >= 4 is 17.5 Å². The maximum atomic E-state index is 12.9. The number of anilines is 2. The number of benzene rings is 2. The summed E-state index contributed by atoms with van der Waals surface area (Å²) in [5.74, 6) is -0.258. The first-order valence-electron chi connectivity index (χ1n) is 8.21. The lowest BCUT2D eigenvalue weighted by Crippen LogP contribution is -2.24. The van der Waals surface area contributed by atoms with E-state index in [1.165, 1.54) is 12.1 Å². The van der Waals surface area contributed by atoms with Crippen LogP contribution in [0.4, 0.5) is 16.0 Å². The Bertz CT molecular complexity index is 908. The number of aryl methyl sites for hydroxylation is 2. The van der Waals surface area contributed by atoms with E-state index >= 15 is 0 Å². The molecule has 3 aromatic rings. The molecular weight excluding hydrogens is 331 g/mol. The number of carbonyl (C=O) groups excluding carboxylic acids is 1. The average Bonchev–Trinajstić information content (AvgIpc) is 2.62. The van der Waals surface area contributed by atoms with Crippen molar-refractivity contribution < 1.29 is 9.18 Å². The van der Waals surface area contributed by atoms with Crippen LogP contribution in [0.3, 0.4) is 0 Å². The van der Waals surface area contributed by atoms with Crippen molar-refractivity contribution in [1.29, 1.82) is 0 Å². The second-order valence-corrected chi connectivity index (χ2v) is 6.02. The molecule has 0 aliphatic heterocycles. The van der Waals surface area contributed by atoms with Crippen LogP contribution in [0.5, 0.6) is 0 Å². The van der Waals surface area contributed by atoms with Gasteiger partial charge in [0.05, 0.1) is 0 Å². The topological polar surface area (TPSA) is 66.9 Å². The Morgan fingerprint density at radius 3 is 2.38 bits per heavy atom. The minimum absolute atomic E-state index is 0.272. The van der Waals surface area contributed by atoms with E-state index in [9.17, 15) is 9.18 Å². The standard InChI is InChI=1S/C20H19FN4O/c1-13-3-9-17(10-4-13)24-20-23-14(2)11-18(25-20)19(26)22-12-15-5-7-16(21)8-6-15/h3-11H,12H2,1-2H3,(H,22,26)(H,23,24,25). The zero-order valence-corrected chi connectivity index (χ0v) is 14.6. The lowest BCUT2D eigenvalue weighted by molar-refractivity contribution is 0.0945. The van der Waals surface area contributed by atoms with Gasteiger partial charge in [-0.1, -0.05) is 29.8 Å². The minimum Gasteiger partial charge on any atom is -0.347 e.